The van der Waals surface area contributed by atoms with Gasteiger partial charge in [-0.3, -0.25) is 0 Å². The van der Waals surface area contributed by atoms with E-state index in [1.165, 1.54) is 18.4 Å². The molecule has 19 heavy (non-hydrogen) atoms. The minimum Gasteiger partial charge on any atom is -0.492 e. The molecular weight excluding hydrogens is 234 g/mol. The Balaban J connectivity index is 1.65. The molecule has 2 bridgehead atoms. The zero-order valence-corrected chi connectivity index (χ0v) is 11.9. The summed E-state index contributed by atoms with van der Waals surface area (Å²) in [4.78, 5) is 0. The lowest BCUT2D eigenvalue weighted by molar-refractivity contribution is 0.341. The lowest BCUT2D eigenvalue weighted by Gasteiger charge is -2.20. The van der Waals surface area contributed by atoms with Crippen LogP contribution in [0.3, 0.4) is 0 Å². The van der Waals surface area contributed by atoms with Crippen molar-refractivity contribution in [3.63, 3.8) is 0 Å². The van der Waals surface area contributed by atoms with Crippen molar-refractivity contribution >= 4 is 5.69 Å². The first-order valence-electron chi connectivity index (χ1n) is 7.42. The zero-order valence-electron chi connectivity index (χ0n) is 11.9. The van der Waals surface area contributed by atoms with Crippen molar-refractivity contribution in [2.24, 2.45) is 17.8 Å². The van der Waals surface area contributed by atoms with Crippen LogP contribution in [0.4, 0.5) is 5.69 Å². The molecule has 2 heteroatoms. The second kappa shape index (κ2) is 5.28. The molecule has 0 saturated heterocycles. The molecule has 0 aliphatic heterocycles. The predicted molar refractivity (Wildman–Crippen MR) is 79.7 cm³/mol. The molecule has 0 radical (unpaired) electrons. The Kier molecular flexibility index (Phi) is 3.50. The molecule has 1 N–H and O–H groups in total. The highest BCUT2D eigenvalue weighted by molar-refractivity contribution is 5.57. The summed E-state index contributed by atoms with van der Waals surface area (Å²) in [7, 11) is 0. The lowest BCUT2D eigenvalue weighted by atomic mass is 9.93. The summed E-state index contributed by atoms with van der Waals surface area (Å²) >= 11 is 0. The molecule has 3 unspecified atom stereocenters. The van der Waals surface area contributed by atoms with Crippen LogP contribution in [0.1, 0.15) is 25.3 Å². The van der Waals surface area contributed by atoms with E-state index >= 15 is 0 Å². The topological polar surface area (TPSA) is 21.3 Å². The molecule has 0 heterocycles. The summed E-state index contributed by atoms with van der Waals surface area (Å²) in [6.07, 6.45) is 7.54. The van der Waals surface area contributed by atoms with E-state index in [9.17, 15) is 0 Å². The summed E-state index contributed by atoms with van der Waals surface area (Å²) in [5.41, 5.74) is 2.39. The third-order valence-corrected chi connectivity index (χ3v) is 4.41. The van der Waals surface area contributed by atoms with E-state index in [1.807, 2.05) is 6.92 Å². The highest BCUT2D eigenvalue weighted by atomic mass is 16.5. The largest absolute Gasteiger partial charge is 0.492 e. The van der Waals surface area contributed by atoms with Gasteiger partial charge >= 0.3 is 0 Å². The van der Waals surface area contributed by atoms with E-state index in [1.54, 1.807) is 0 Å². The molecule has 2 nitrogen and oxygen atoms in total. The number of ether oxygens (including phenoxy) is 1. The van der Waals surface area contributed by atoms with E-state index in [-0.39, 0.29) is 0 Å². The van der Waals surface area contributed by atoms with Gasteiger partial charge in [0, 0.05) is 6.54 Å². The van der Waals surface area contributed by atoms with E-state index in [0.29, 0.717) is 0 Å². The third kappa shape index (κ3) is 2.63. The Morgan fingerprint density at radius 3 is 2.84 bits per heavy atom. The molecule has 1 fully saturated rings. The summed E-state index contributed by atoms with van der Waals surface area (Å²) in [6.45, 7) is 5.92. The maximum Gasteiger partial charge on any atom is 0.142 e. The van der Waals surface area contributed by atoms with Crippen LogP contribution in [-0.2, 0) is 0 Å². The van der Waals surface area contributed by atoms with Crippen LogP contribution in [0.15, 0.2) is 30.4 Å². The first-order valence-corrected chi connectivity index (χ1v) is 7.42. The number of aryl methyl sites for hydroxylation is 1. The van der Waals surface area contributed by atoms with Gasteiger partial charge in [-0.05, 0) is 62.1 Å². The molecule has 1 aromatic rings. The Labute approximate surface area is 115 Å². The SMILES string of the molecule is CCOc1cc(C)ccc1NCC1CC2C=CC1C2. The van der Waals surface area contributed by atoms with Crippen molar-refractivity contribution in [2.45, 2.75) is 26.7 Å². The van der Waals surface area contributed by atoms with Gasteiger partial charge in [0.15, 0.2) is 0 Å². The number of hydrogen-bond acceptors (Lipinski definition) is 2. The summed E-state index contributed by atoms with van der Waals surface area (Å²) in [5, 5.41) is 3.59. The van der Waals surface area contributed by atoms with Crippen LogP contribution in [0.5, 0.6) is 5.75 Å². The van der Waals surface area contributed by atoms with Gasteiger partial charge in [-0.25, -0.2) is 0 Å². The number of allylic oxidation sites excluding steroid dienone is 2. The van der Waals surface area contributed by atoms with Crippen LogP contribution >= 0.6 is 0 Å². The van der Waals surface area contributed by atoms with Crippen molar-refractivity contribution in [1.82, 2.24) is 0 Å². The Morgan fingerprint density at radius 2 is 2.16 bits per heavy atom. The van der Waals surface area contributed by atoms with E-state index in [2.05, 4.69) is 42.6 Å². The molecule has 3 rings (SSSR count). The minimum atomic E-state index is 0.717. The predicted octanol–water partition coefficient (Wildman–Crippen LogP) is 4.02. The number of fused-ring (bicyclic) bond motifs is 2. The van der Waals surface area contributed by atoms with Crippen LogP contribution < -0.4 is 10.1 Å². The number of hydrogen-bond donors (Lipinski definition) is 1. The van der Waals surface area contributed by atoms with Gasteiger partial charge in [0.1, 0.15) is 5.75 Å². The fraction of sp³-hybridized carbons (Fsp3) is 0.529. The highest BCUT2D eigenvalue weighted by Gasteiger charge is 2.35. The van der Waals surface area contributed by atoms with Gasteiger partial charge in [0.2, 0.25) is 0 Å². The molecule has 1 aromatic carbocycles. The maximum absolute atomic E-state index is 5.72. The van der Waals surface area contributed by atoms with Gasteiger partial charge in [0.05, 0.1) is 12.3 Å². The lowest BCUT2D eigenvalue weighted by Crippen LogP contribution is -2.18. The molecule has 102 valence electrons. The zero-order chi connectivity index (χ0) is 13.2. The molecule has 1 saturated carbocycles. The molecular formula is C17H23NO. The number of anilines is 1. The Bertz CT molecular complexity index is 480. The van der Waals surface area contributed by atoms with Crippen molar-refractivity contribution in [3.8, 4) is 5.75 Å². The standard InChI is InChI=1S/C17H23NO/c1-3-19-17-8-12(2)4-7-16(17)18-11-15-10-13-5-6-14(15)9-13/h4-8,13-15,18H,3,9-11H2,1-2H3. The van der Waals surface area contributed by atoms with E-state index in [4.69, 9.17) is 4.74 Å². The monoisotopic (exact) mass is 257 g/mol. The molecule has 0 amide bonds. The van der Waals surface area contributed by atoms with Gasteiger partial charge in [0.25, 0.3) is 0 Å². The van der Waals surface area contributed by atoms with Gasteiger partial charge in [-0.15, -0.1) is 0 Å². The molecule has 2 aliphatic carbocycles. The second-order valence-corrected chi connectivity index (χ2v) is 5.85. The number of benzene rings is 1. The minimum absolute atomic E-state index is 0.717. The average Bonchev–Trinajstić information content (AvgIpc) is 3.00. The van der Waals surface area contributed by atoms with Crippen molar-refractivity contribution in [3.05, 3.63) is 35.9 Å². The Morgan fingerprint density at radius 1 is 1.26 bits per heavy atom. The van der Waals surface area contributed by atoms with Crippen LogP contribution in [-0.4, -0.2) is 13.2 Å². The van der Waals surface area contributed by atoms with Crippen molar-refractivity contribution in [1.29, 1.82) is 0 Å². The summed E-state index contributed by atoms with van der Waals surface area (Å²) < 4.78 is 5.72. The summed E-state index contributed by atoms with van der Waals surface area (Å²) in [5.74, 6) is 3.44. The maximum atomic E-state index is 5.72. The van der Waals surface area contributed by atoms with Crippen LogP contribution in [0.2, 0.25) is 0 Å². The van der Waals surface area contributed by atoms with Crippen LogP contribution in [0.25, 0.3) is 0 Å². The average molecular weight is 257 g/mol. The molecule has 0 aromatic heterocycles. The van der Waals surface area contributed by atoms with E-state index < -0.39 is 0 Å². The molecule has 3 atom stereocenters. The van der Waals surface area contributed by atoms with Gasteiger partial charge in [-0.1, -0.05) is 18.2 Å². The normalized spacial score (nSPS) is 27.8. The number of rotatable bonds is 5. The third-order valence-electron chi connectivity index (χ3n) is 4.41. The fourth-order valence-corrected chi connectivity index (χ4v) is 3.42. The Hall–Kier alpha value is -1.44. The molecule has 0 spiro atoms. The first-order chi connectivity index (χ1) is 9.26. The van der Waals surface area contributed by atoms with Crippen molar-refractivity contribution < 1.29 is 4.74 Å². The second-order valence-electron chi connectivity index (χ2n) is 5.85. The van der Waals surface area contributed by atoms with Gasteiger partial charge in [-0.2, -0.15) is 0 Å². The molecule has 2 aliphatic rings. The van der Waals surface area contributed by atoms with Gasteiger partial charge < -0.3 is 10.1 Å². The smallest absolute Gasteiger partial charge is 0.142 e. The number of nitrogens with one attached hydrogen (secondary N) is 1. The van der Waals surface area contributed by atoms with E-state index in [0.717, 1.165) is 42.3 Å². The summed E-state index contributed by atoms with van der Waals surface area (Å²) in [6, 6.07) is 6.40. The fourth-order valence-electron chi connectivity index (χ4n) is 3.42. The van der Waals surface area contributed by atoms with Crippen LogP contribution in [0, 0.1) is 24.7 Å². The van der Waals surface area contributed by atoms with Crippen molar-refractivity contribution in [2.75, 3.05) is 18.5 Å². The highest BCUT2D eigenvalue weighted by Crippen LogP contribution is 2.43. The first kappa shape index (κ1) is 12.6. The quantitative estimate of drug-likeness (QED) is 0.804.